The van der Waals surface area contributed by atoms with Crippen LogP contribution in [0.5, 0.6) is 0 Å². The second-order valence-electron chi connectivity index (χ2n) is 6.60. The number of amides is 1. The predicted molar refractivity (Wildman–Crippen MR) is 103 cm³/mol. The van der Waals surface area contributed by atoms with Gasteiger partial charge in [-0.25, -0.2) is 4.98 Å². The fourth-order valence-corrected chi connectivity index (χ4v) is 3.69. The van der Waals surface area contributed by atoms with Gasteiger partial charge in [0.05, 0.1) is 12.0 Å². The Bertz CT molecular complexity index is 884. The van der Waals surface area contributed by atoms with Crippen LogP contribution >= 0.6 is 0 Å². The Morgan fingerprint density at radius 3 is 2.96 bits per heavy atom. The van der Waals surface area contributed by atoms with Crippen LogP contribution in [0.15, 0.2) is 48.8 Å². The van der Waals surface area contributed by atoms with E-state index in [0.29, 0.717) is 6.54 Å². The zero-order valence-electron chi connectivity index (χ0n) is 13.8. The fourth-order valence-electron chi connectivity index (χ4n) is 3.69. The zero-order chi connectivity index (χ0) is 16.5. The predicted octanol–water partition coefficient (Wildman–Crippen LogP) is 4.21. The first kappa shape index (κ1) is 17.2. The molecule has 1 amide bonds. The first-order valence-corrected chi connectivity index (χ1v) is 8.45. The first-order valence-electron chi connectivity index (χ1n) is 8.45. The number of carbonyl (C=O) groups excluding carboxylic acids is 1. The molecule has 1 aliphatic carbocycles. The van der Waals surface area contributed by atoms with Gasteiger partial charge in [-0.3, -0.25) is 4.79 Å². The molecule has 1 aliphatic rings. The van der Waals surface area contributed by atoms with Gasteiger partial charge in [0.25, 0.3) is 0 Å². The minimum Gasteiger partial charge on any atom is -0.348 e. The van der Waals surface area contributed by atoms with Crippen molar-refractivity contribution in [1.29, 1.82) is 0 Å². The summed E-state index contributed by atoms with van der Waals surface area (Å²) in [6.45, 7) is 0.645. The van der Waals surface area contributed by atoms with Gasteiger partial charge in [-0.15, -0.1) is 0 Å². The van der Waals surface area contributed by atoms with Crippen LogP contribution in [0.2, 0.25) is 0 Å². The molecule has 0 saturated carbocycles. The third-order valence-corrected chi connectivity index (χ3v) is 5.00. The summed E-state index contributed by atoms with van der Waals surface area (Å²) in [5, 5.41) is 2.44. The van der Waals surface area contributed by atoms with Crippen molar-refractivity contribution < 1.29 is 6.22 Å². The number of benzene rings is 2. The monoisotopic (exact) mass is 337 g/mol. The molecule has 4 nitrogen and oxygen atoms in total. The maximum Gasteiger partial charge on any atom is 0.226 e. The molecule has 0 spiro atoms. The third kappa shape index (κ3) is 3.29. The SMILES string of the molecule is C.CN(Cc1cccc2ccccc12)C(=O)C1CCc2nc[nH]c2C1.[HH]. The highest BCUT2D eigenvalue weighted by Gasteiger charge is 2.28. The van der Waals surface area contributed by atoms with Crippen LogP contribution in [0, 0.1) is 5.92 Å². The van der Waals surface area contributed by atoms with E-state index in [4.69, 9.17) is 0 Å². The van der Waals surface area contributed by atoms with E-state index in [-0.39, 0.29) is 20.7 Å². The Balaban J connectivity index is 0.00000121. The van der Waals surface area contributed by atoms with Crippen molar-refractivity contribution in [2.24, 2.45) is 5.92 Å². The summed E-state index contributed by atoms with van der Waals surface area (Å²) in [5.41, 5.74) is 3.44. The standard InChI is InChI=1S/C20H21N3O.CH4.H2/c1-23(12-16-7-4-6-14-5-2-3-8-17(14)16)20(24)15-9-10-18-19(11-15)22-13-21-18;;/h2-8,13,15H,9-12H2,1H3,(H,21,22);1H4;1H. The number of aromatic amines is 1. The molecule has 4 heteroatoms. The van der Waals surface area contributed by atoms with E-state index in [2.05, 4.69) is 46.4 Å². The van der Waals surface area contributed by atoms with Crippen LogP contribution in [-0.2, 0) is 24.2 Å². The first-order chi connectivity index (χ1) is 11.7. The maximum absolute atomic E-state index is 12.9. The Hall–Kier alpha value is -2.62. The van der Waals surface area contributed by atoms with Crippen molar-refractivity contribution in [2.75, 3.05) is 7.05 Å². The molecule has 3 aromatic rings. The van der Waals surface area contributed by atoms with Crippen molar-refractivity contribution in [3.8, 4) is 0 Å². The maximum atomic E-state index is 12.9. The second-order valence-corrected chi connectivity index (χ2v) is 6.60. The van der Waals surface area contributed by atoms with E-state index in [9.17, 15) is 4.79 Å². The van der Waals surface area contributed by atoms with E-state index in [1.54, 1.807) is 6.33 Å². The summed E-state index contributed by atoms with van der Waals surface area (Å²) in [5.74, 6) is 0.279. The number of rotatable bonds is 3. The number of nitrogens with zero attached hydrogens (tertiary/aromatic N) is 2. The molecule has 1 heterocycles. The molecule has 1 atom stereocenters. The molecule has 25 heavy (non-hydrogen) atoms. The molecule has 2 aromatic carbocycles. The number of fused-ring (bicyclic) bond motifs is 2. The molecule has 1 N–H and O–H groups in total. The minimum atomic E-state index is 0. The van der Waals surface area contributed by atoms with Crippen LogP contribution in [0.25, 0.3) is 10.8 Å². The van der Waals surface area contributed by atoms with Gasteiger partial charge < -0.3 is 9.88 Å². The van der Waals surface area contributed by atoms with Crippen molar-refractivity contribution in [3.05, 3.63) is 65.7 Å². The molecule has 1 aromatic heterocycles. The number of nitrogens with one attached hydrogen (secondary N) is 1. The van der Waals surface area contributed by atoms with E-state index in [0.717, 1.165) is 30.7 Å². The number of hydrogen-bond donors (Lipinski definition) is 1. The number of hydrogen-bond acceptors (Lipinski definition) is 2. The largest absolute Gasteiger partial charge is 0.348 e. The molecule has 0 radical (unpaired) electrons. The molecule has 0 bridgehead atoms. The number of aryl methyl sites for hydroxylation is 1. The van der Waals surface area contributed by atoms with Gasteiger partial charge in [0.15, 0.2) is 0 Å². The average Bonchev–Trinajstić information content (AvgIpc) is 3.09. The molecule has 132 valence electrons. The van der Waals surface area contributed by atoms with Crippen LogP contribution < -0.4 is 0 Å². The number of carbonyl (C=O) groups is 1. The molecule has 4 rings (SSSR count). The average molecular weight is 337 g/mol. The van der Waals surface area contributed by atoms with E-state index in [1.807, 2.05) is 18.0 Å². The normalized spacial score (nSPS) is 16.1. The minimum absolute atomic E-state index is 0. The van der Waals surface area contributed by atoms with Gasteiger partial charge in [0, 0.05) is 33.1 Å². The number of imidazole rings is 1. The lowest BCUT2D eigenvalue weighted by molar-refractivity contribution is -0.135. The smallest absolute Gasteiger partial charge is 0.226 e. The Morgan fingerprint density at radius 1 is 1.28 bits per heavy atom. The summed E-state index contributed by atoms with van der Waals surface area (Å²) in [6.07, 6.45) is 4.28. The highest BCUT2D eigenvalue weighted by Crippen LogP contribution is 2.25. The van der Waals surface area contributed by atoms with E-state index >= 15 is 0 Å². The van der Waals surface area contributed by atoms with Crippen LogP contribution in [0.3, 0.4) is 0 Å². The van der Waals surface area contributed by atoms with Crippen molar-refractivity contribution in [1.82, 2.24) is 14.9 Å². The van der Waals surface area contributed by atoms with Crippen LogP contribution in [0.1, 0.15) is 32.2 Å². The van der Waals surface area contributed by atoms with Gasteiger partial charge in [-0.05, 0) is 29.2 Å². The lowest BCUT2D eigenvalue weighted by Crippen LogP contribution is -2.35. The topological polar surface area (TPSA) is 49.0 Å². The number of aromatic nitrogens is 2. The zero-order valence-corrected chi connectivity index (χ0v) is 13.8. The summed E-state index contributed by atoms with van der Waals surface area (Å²) >= 11 is 0. The summed E-state index contributed by atoms with van der Waals surface area (Å²) in [4.78, 5) is 22.2. The van der Waals surface area contributed by atoms with E-state index < -0.39 is 0 Å². The fraction of sp³-hybridized carbons (Fsp3) is 0.333. The lowest BCUT2D eigenvalue weighted by Gasteiger charge is -2.26. The van der Waals surface area contributed by atoms with Crippen molar-refractivity contribution in [3.63, 3.8) is 0 Å². The van der Waals surface area contributed by atoms with Crippen molar-refractivity contribution in [2.45, 2.75) is 33.2 Å². The van der Waals surface area contributed by atoms with Gasteiger partial charge >= 0.3 is 0 Å². The Morgan fingerprint density at radius 2 is 2.08 bits per heavy atom. The molecule has 0 fully saturated rings. The van der Waals surface area contributed by atoms with Crippen LogP contribution in [0.4, 0.5) is 0 Å². The molecular formula is C21H27N3O. The van der Waals surface area contributed by atoms with Crippen molar-refractivity contribution >= 4 is 16.7 Å². The lowest BCUT2D eigenvalue weighted by atomic mass is 9.88. The summed E-state index contributed by atoms with van der Waals surface area (Å²) < 4.78 is 0. The van der Waals surface area contributed by atoms with Gasteiger partial charge in [-0.1, -0.05) is 49.9 Å². The van der Waals surface area contributed by atoms with Gasteiger partial charge in [0.2, 0.25) is 5.91 Å². The molecule has 0 saturated heterocycles. The van der Waals surface area contributed by atoms with Gasteiger partial charge in [-0.2, -0.15) is 0 Å². The summed E-state index contributed by atoms with van der Waals surface area (Å²) in [7, 11) is 1.91. The molecule has 0 aliphatic heterocycles. The Kier molecular flexibility index (Phi) is 4.88. The highest BCUT2D eigenvalue weighted by molar-refractivity contribution is 5.86. The van der Waals surface area contributed by atoms with Gasteiger partial charge in [0.1, 0.15) is 0 Å². The van der Waals surface area contributed by atoms with Crippen LogP contribution in [-0.4, -0.2) is 27.8 Å². The second kappa shape index (κ2) is 7.09. The Labute approximate surface area is 150 Å². The molecular weight excluding hydrogens is 310 g/mol. The third-order valence-electron chi connectivity index (χ3n) is 5.00. The summed E-state index contributed by atoms with van der Waals surface area (Å²) in [6, 6.07) is 14.6. The highest BCUT2D eigenvalue weighted by atomic mass is 16.2. The number of H-pyrrole nitrogens is 1. The quantitative estimate of drug-likeness (QED) is 0.778. The molecule has 1 unspecified atom stereocenters. The van der Waals surface area contributed by atoms with E-state index in [1.165, 1.54) is 16.3 Å².